The second-order valence-electron chi connectivity index (χ2n) is 10.1. The zero-order valence-corrected chi connectivity index (χ0v) is 20.9. The van der Waals surface area contributed by atoms with E-state index in [0.29, 0.717) is 0 Å². The molecule has 8 heteroatoms. The van der Waals surface area contributed by atoms with Gasteiger partial charge in [-0.2, -0.15) is 0 Å². The first-order chi connectivity index (χ1) is 15.4. The van der Waals surface area contributed by atoms with Gasteiger partial charge < -0.3 is 25.4 Å². The quantitative estimate of drug-likeness (QED) is 0.551. The van der Waals surface area contributed by atoms with Crippen LogP contribution in [0.5, 0.6) is 0 Å². The van der Waals surface area contributed by atoms with Crippen LogP contribution >= 0.6 is 0 Å². The van der Waals surface area contributed by atoms with Gasteiger partial charge in [0.25, 0.3) is 0 Å². The molecule has 184 valence electrons. The normalized spacial score (nSPS) is 15.9. The van der Waals surface area contributed by atoms with Crippen molar-refractivity contribution in [3.05, 3.63) is 34.9 Å². The van der Waals surface area contributed by atoms with E-state index in [1.165, 1.54) is 0 Å². The molecule has 0 radical (unpaired) electrons. The first-order valence-corrected chi connectivity index (χ1v) is 11.6. The molecule has 3 amide bonds. The van der Waals surface area contributed by atoms with E-state index in [-0.39, 0.29) is 18.0 Å². The number of carbonyl (C=O) groups is 3. The minimum absolute atomic E-state index is 0.115. The van der Waals surface area contributed by atoms with Gasteiger partial charge in [-0.05, 0) is 84.4 Å². The smallest absolute Gasteiger partial charge is 0.408 e. The molecule has 0 aliphatic heterocycles. The van der Waals surface area contributed by atoms with Gasteiger partial charge in [-0.25, -0.2) is 4.79 Å². The van der Waals surface area contributed by atoms with Crippen molar-refractivity contribution >= 4 is 17.9 Å². The van der Waals surface area contributed by atoms with Crippen LogP contribution in [0.15, 0.2) is 18.2 Å². The van der Waals surface area contributed by atoms with Crippen LogP contribution in [0.1, 0.15) is 76.6 Å². The monoisotopic (exact) mass is 461 g/mol. The third-order valence-electron chi connectivity index (χ3n) is 5.67. The number of alkyl carbamates (subject to hydrolysis) is 1. The number of aryl methyl sites for hydroxylation is 2. The van der Waals surface area contributed by atoms with Gasteiger partial charge in [0.2, 0.25) is 11.8 Å². The van der Waals surface area contributed by atoms with Gasteiger partial charge in [-0.15, -0.1) is 0 Å². The molecule has 0 aromatic heterocycles. The highest BCUT2D eigenvalue weighted by molar-refractivity contribution is 5.93. The van der Waals surface area contributed by atoms with Crippen molar-refractivity contribution in [2.24, 2.45) is 0 Å². The van der Waals surface area contributed by atoms with Crippen molar-refractivity contribution in [2.75, 3.05) is 6.61 Å². The Morgan fingerprint density at radius 2 is 1.70 bits per heavy atom. The molecular weight excluding hydrogens is 422 g/mol. The minimum Gasteiger partial charge on any atom is -0.444 e. The fraction of sp³-hybridized carbons (Fsp3) is 0.640. The standard InChI is InChI=1S/C25H39N3O5/c1-15(2)26-22(30)21(20-16(3)10-8-11-17(20)4)28(18-12-9-13-18)23(31)19(14-29)27-24(32)33-25(5,6)7/h8,10-11,15,18-19,21,29H,9,12-14H2,1-7H3,(H,26,30)(H,27,32). The van der Waals surface area contributed by atoms with E-state index in [0.717, 1.165) is 36.0 Å². The van der Waals surface area contributed by atoms with E-state index in [1.54, 1.807) is 25.7 Å². The largest absolute Gasteiger partial charge is 0.444 e. The molecule has 0 bridgehead atoms. The molecule has 1 aliphatic rings. The number of ether oxygens (including phenoxy) is 1. The number of rotatable bonds is 8. The summed E-state index contributed by atoms with van der Waals surface area (Å²) >= 11 is 0. The lowest BCUT2D eigenvalue weighted by Crippen LogP contribution is -2.59. The van der Waals surface area contributed by atoms with E-state index in [9.17, 15) is 19.5 Å². The van der Waals surface area contributed by atoms with Gasteiger partial charge in [0.1, 0.15) is 17.7 Å². The maximum absolute atomic E-state index is 13.8. The summed E-state index contributed by atoms with van der Waals surface area (Å²) in [5.74, 6) is -0.781. The van der Waals surface area contributed by atoms with E-state index in [2.05, 4.69) is 10.6 Å². The average molecular weight is 462 g/mol. The summed E-state index contributed by atoms with van der Waals surface area (Å²) in [5.41, 5.74) is 1.82. The Balaban J connectivity index is 2.49. The third-order valence-corrected chi connectivity index (χ3v) is 5.67. The zero-order valence-electron chi connectivity index (χ0n) is 20.9. The van der Waals surface area contributed by atoms with Crippen molar-refractivity contribution in [3.63, 3.8) is 0 Å². The summed E-state index contributed by atoms with van der Waals surface area (Å²) in [5, 5.41) is 15.4. The van der Waals surface area contributed by atoms with Gasteiger partial charge in [0.15, 0.2) is 0 Å². The highest BCUT2D eigenvalue weighted by atomic mass is 16.6. The Labute approximate surface area is 197 Å². The van der Waals surface area contributed by atoms with Crippen molar-refractivity contribution in [3.8, 4) is 0 Å². The van der Waals surface area contributed by atoms with E-state index in [4.69, 9.17) is 4.74 Å². The molecule has 0 spiro atoms. The Bertz CT molecular complexity index is 838. The van der Waals surface area contributed by atoms with Crippen LogP contribution in [-0.4, -0.2) is 58.2 Å². The van der Waals surface area contributed by atoms with Crippen LogP contribution in [0.25, 0.3) is 0 Å². The second kappa shape index (κ2) is 11.0. The molecule has 33 heavy (non-hydrogen) atoms. The van der Waals surface area contributed by atoms with Gasteiger partial charge >= 0.3 is 6.09 Å². The molecule has 1 aromatic rings. The third kappa shape index (κ3) is 6.93. The predicted molar refractivity (Wildman–Crippen MR) is 127 cm³/mol. The molecular formula is C25H39N3O5. The lowest BCUT2D eigenvalue weighted by Gasteiger charge is -2.44. The topological polar surface area (TPSA) is 108 Å². The number of hydrogen-bond acceptors (Lipinski definition) is 5. The maximum atomic E-state index is 13.8. The van der Waals surface area contributed by atoms with Crippen molar-refractivity contribution in [1.82, 2.24) is 15.5 Å². The number of nitrogens with one attached hydrogen (secondary N) is 2. The molecule has 2 unspecified atom stereocenters. The lowest BCUT2D eigenvalue weighted by atomic mass is 9.86. The summed E-state index contributed by atoms with van der Waals surface area (Å²) in [4.78, 5) is 41.1. The molecule has 2 atom stereocenters. The van der Waals surface area contributed by atoms with Gasteiger partial charge in [-0.1, -0.05) is 18.2 Å². The maximum Gasteiger partial charge on any atom is 0.408 e. The summed E-state index contributed by atoms with van der Waals surface area (Å²) in [6.45, 7) is 12.1. The number of amides is 3. The Kier molecular flexibility index (Phi) is 8.89. The fourth-order valence-corrected chi connectivity index (χ4v) is 4.02. The number of aliphatic hydroxyl groups is 1. The van der Waals surface area contributed by atoms with Crippen LogP contribution in [0.4, 0.5) is 4.79 Å². The summed E-state index contributed by atoms with van der Waals surface area (Å²) < 4.78 is 5.27. The number of carbonyl (C=O) groups excluding carboxylic acids is 3. The average Bonchev–Trinajstić information content (AvgIpc) is 2.63. The van der Waals surface area contributed by atoms with Gasteiger partial charge in [-0.3, -0.25) is 9.59 Å². The number of nitrogens with zero attached hydrogens (tertiary/aromatic N) is 1. The fourth-order valence-electron chi connectivity index (χ4n) is 4.02. The van der Waals surface area contributed by atoms with Crippen LogP contribution in [0.3, 0.4) is 0 Å². The number of benzene rings is 1. The Morgan fingerprint density at radius 1 is 1.12 bits per heavy atom. The van der Waals surface area contributed by atoms with Gasteiger partial charge in [0.05, 0.1) is 6.61 Å². The molecule has 0 heterocycles. The molecule has 1 aromatic carbocycles. The SMILES string of the molecule is Cc1cccc(C)c1C(C(=O)NC(C)C)N(C(=O)C(CO)NC(=O)OC(C)(C)C)C1CCC1. The molecule has 8 nitrogen and oxygen atoms in total. The molecule has 1 fully saturated rings. The first kappa shape index (κ1) is 26.6. The van der Waals surface area contributed by atoms with Crippen molar-refractivity contribution in [2.45, 2.75) is 97.5 Å². The van der Waals surface area contributed by atoms with E-state index >= 15 is 0 Å². The van der Waals surface area contributed by atoms with Crippen LogP contribution in [0.2, 0.25) is 0 Å². The highest BCUT2D eigenvalue weighted by Gasteiger charge is 2.42. The predicted octanol–water partition coefficient (Wildman–Crippen LogP) is 3.14. The van der Waals surface area contributed by atoms with Crippen LogP contribution in [0, 0.1) is 13.8 Å². The summed E-state index contributed by atoms with van der Waals surface area (Å²) in [7, 11) is 0. The number of aliphatic hydroxyl groups excluding tert-OH is 1. The lowest BCUT2D eigenvalue weighted by molar-refractivity contribution is -0.148. The van der Waals surface area contributed by atoms with Gasteiger partial charge in [0, 0.05) is 12.1 Å². The highest BCUT2D eigenvalue weighted by Crippen LogP contribution is 2.36. The number of hydrogen-bond donors (Lipinski definition) is 3. The zero-order chi connectivity index (χ0) is 24.9. The molecule has 0 saturated heterocycles. The van der Waals surface area contributed by atoms with Crippen LogP contribution in [-0.2, 0) is 14.3 Å². The molecule has 3 N–H and O–H groups in total. The molecule has 1 aliphatic carbocycles. The summed E-state index contributed by atoms with van der Waals surface area (Å²) in [6.07, 6.45) is 1.67. The summed E-state index contributed by atoms with van der Waals surface area (Å²) in [6, 6.07) is 3.39. The minimum atomic E-state index is -1.22. The second-order valence-corrected chi connectivity index (χ2v) is 10.1. The van der Waals surface area contributed by atoms with Crippen molar-refractivity contribution in [1.29, 1.82) is 0 Å². The first-order valence-electron chi connectivity index (χ1n) is 11.6. The molecule has 1 saturated carbocycles. The van der Waals surface area contributed by atoms with E-state index < -0.39 is 36.3 Å². The Morgan fingerprint density at radius 3 is 2.12 bits per heavy atom. The van der Waals surface area contributed by atoms with Crippen molar-refractivity contribution < 1.29 is 24.2 Å². The molecule has 2 rings (SSSR count). The van der Waals surface area contributed by atoms with Crippen LogP contribution < -0.4 is 10.6 Å². The van der Waals surface area contributed by atoms with E-state index in [1.807, 2.05) is 45.9 Å². The Hall–Kier alpha value is -2.61.